The lowest BCUT2D eigenvalue weighted by atomic mass is 9.82. The van der Waals surface area contributed by atoms with Gasteiger partial charge in [-0.15, -0.1) is 0 Å². The maximum atomic E-state index is 13.6. The third kappa shape index (κ3) is 4.31. The Morgan fingerprint density at radius 3 is 1.76 bits per heavy atom. The van der Waals surface area contributed by atoms with E-state index in [-0.39, 0.29) is 5.91 Å². The fourth-order valence-corrected chi connectivity index (χ4v) is 3.84. The van der Waals surface area contributed by atoms with Gasteiger partial charge >= 0.3 is 6.03 Å². The molecule has 3 aromatic rings. The van der Waals surface area contributed by atoms with Crippen LogP contribution in [0.2, 0.25) is 0 Å². The number of amides is 5. The Balaban J connectivity index is 1.56. The fourth-order valence-electron chi connectivity index (χ4n) is 3.84. The number of anilines is 2. The number of imide groups is 1. The van der Waals surface area contributed by atoms with Crippen molar-refractivity contribution in [3.05, 3.63) is 96.1 Å². The SMILES string of the molecule is CC(=O)Nc1ccc(NC(=O)CN2C(=O)NC(c3ccccc3)(c3ccccc3)C2=O)cc1. The predicted molar refractivity (Wildman–Crippen MR) is 123 cm³/mol. The lowest BCUT2D eigenvalue weighted by Gasteiger charge is -2.28. The molecule has 0 aromatic heterocycles. The van der Waals surface area contributed by atoms with E-state index in [4.69, 9.17) is 0 Å². The molecule has 4 rings (SSSR count). The molecule has 0 bridgehead atoms. The molecule has 0 saturated carbocycles. The van der Waals surface area contributed by atoms with Crippen molar-refractivity contribution < 1.29 is 19.2 Å². The first-order valence-electron chi connectivity index (χ1n) is 10.3. The van der Waals surface area contributed by atoms with Gasteiger partial charge in [-0.3, -0.25) is 19.3 Å². The van der Waals surface area contributed by atoms with Crippen LogP contribution in [0.15, 0.2) is 84.9 Å². The zero-order valence-corrected chi connectivity index (χ0v) is 17.9. The predicted octanol–water partition coefficient (Wildman–Crippen LogP) is 3.08. The number of rotatable bonds is 6. The number of hydrogen-bond donors (Lipinski definition) is 3. The fraction of sp³-hybridized carbons (Fsp3) is 0.120. The van der Waals surface area contributed by atoms with E-state index >= 15 is 0 Å². The first-order valence-corrected chi connectivity index (χ1v) is 10.3. The highest BCUT2D eigenvalue weighted by Gasteiger charge is 2.54. The molecule has 1 heterocycles. The largest absolute Gasteiger partial charge is 0.326 e. The second kappa shape index (κ2) is 8.96. The van der Waals surface area contributed by atoms with Crippen LogP contribution in [0.5, 0.6) is 0 Å². The summed E-state index contributed by atoms with van der Waals surface area (Å²) >= 11 is 0. The van der Waals surface area contributed by atoms with Gasteiger partial charge in [0.2, 0.25) is 11.8 Å². The summed E-state index contributed by atoms with van der Waals surface area (Å²) < 4.78 is 0. The number of benzene rings is 3. The first kappa shape index (κ1) is 21.8. The minimum absolute atomic E-state index is 0.203. The molecule has 3 aromatic carbocycles. The van der Waals surface area contributed by atoms with Gasteiger partial charge in [0.05, 0.1) is 0 Å². The molecule has 0 radical (unpaired) electrons. The number of nitrogens with one attached hydrogen (secondary N) is 3. The molecule has 1 aliphatic rings. The molecule has 1 saturated heterocycles. The Morgan fingerprint density at radius 2 is 1.27 bits per heavy atom. The van der Waals surface area contributed by atoms with E-state index in [0.717, 1.165) is 4.90 Å². The minimum Gasteiger partial charge on any atom is -0.326 e. The molecule has 8 nitrogen and oxygen atoms in total. The number of nitrogens with zero attached hydrogens (tertiary/aromatic N) is 1. The van der Waals surface area contributed by atoms with Gasteiger partial charge < -0.3 is 16.0 Å². The monoisotopic (exact) mass is 442 g/mol. The maximum absolute atomic E-state index is 13.6. The van der Waals surface area contributed by atoms with E-state index in [1.165, 1.54) is 6.92 Å². The molecular formula is C25H22N4O4. The smallest absolute Gasteiger partial charge is 0.326 e. The maximum Gasteiger partial charge on any atom is 0.326 e. The third-order valence-corrected chi connectivity index (χ3v) is 5.31. The molecule has 166 valence electrons. The molecule has 0 spiro atoms. The molecule has 0 unspecified atom stereocenters. The van der Waals surface area contributed by atoms with Crippen LogP contribution in [0.4, 0.5) is 16.2 Å². The van der Waals surface area contributed by atoms with Crippen LogP contribution in [0, 0.1) is 0 Å². The molecular weight excluding hydrogens is 420 g/mol. The van der Waals surface area contributed by atoms with Crippen molar-refractivity contribution in [1.29, 1.82) is 0 Å². The third-order valence-electron chi connectivity index (χ3n) is 5.31. The van der Waals surface area contributed by atoms with Crippen LogP contribution in [-0.2, 0) is 19.9 Å². The summed E-state index contributed by atoms with van der Waals surface area (Å²) in [4.78, 5) is 51.2. The first-order chi connectivity index (χ1) is 15.9. The molecule has 33 heavy (non-hydrogen) atoms. The normalized spacial score (nSPS) is 14.5. The summed E-state index contributed by atoms with van der Waals surface area (Å²) in [5.74, 6) is -1.26. The quantitative estimate of drug-likeness (QED) is 0.510. The van der Waals surface area contributed by atoms with Crippen molar-refractivity contribution >= 4 is 35.1 Å². The molecule has 1 aliphatic heterocycles. The molecule has 5 amide bonds. The van der Waals surface area contributed by atoms with Gasteiger partial charge in [-0.05, 0) is 35.4 Å². The Labute approximate surface area is 190 Å². The van der Waals surface area contributed by atoms with E-state index < -0.39 is 29.9 Å². The number of carbonyl (C=O) groups is 4. The van der Waals surface area contributed by atoms with Gasteiger partial charge in [0.25, 0.3) is 5.91 Å². The summed E-state index contributed by atoms with van der Waals surface area (Å²) in [7, 11) is 0. The molecule has 0 aliphatic carbocycles. The van der Waals surface area contributed by atoms with Crippen LogP contribution in [0.3, 0.4) is 0 Å². The Hall–Kier alpha value is -4.46. The zero-order valence-electron chi connectivity index (χ0n) is 17.9. The van der Waals surface area contributed by atoms with Crippen molar-refractivity contribution in [3.8, 4) is 0 Å². The van der Waals surface area contributed by atoms with Crippen LogP contribution < -0.4 is 16.0 Å². The molecule has 1 fully saturated rings. The van der Waals surface area contributed by atoms with Crippen molar-refractivity contribution in [2.75, 3.05) is 17.2 Å². The summed E-state index contributed by atoms with van der Waals surface area (Å²) in [5, 5.41) is 8.12. The number of carbonyl (C=O) groups excluding carboxylic acids is 4. The topological polar surface area (TPSA) is 108 Å². The van der Waals surface area contributed by atoms with E-state index in [2.05, 4.69) is 16.0 Å². The van der Waals surface area contributed by atoms with Crippen LogP contribution in [0.1, 0.15) is 18.1 Å². The average molecular weight is 442 g/mol. The second-order valence-corrected chi connectivity index (χ2v) is 7.61. The Kier molecular flexibility index (Phi) is 5.91. The van der Waals surface area contributed by atoms with E-state index in [1.54, 1.807) is 72.8 Å². The molecule has 3 N–H and O–H groups in total. The Bertz CT molecular complexity index is 1150. The van der Waals surface area contributed by atoms with Gasteiger partial charge in [0, 0.05) is 18.3 Å². The Morgan fingerprint density at radius 1 is 0.788 bits per heavy atom. The van der Waals surface area contributed by atoms with Gasteiger partial charge in [-0.1, -0.05) is 60.7 Å². The van der Waals surface area contributed by atoms with Crippen molar-refractivity contribution in [2.24, 2.45) is 0 Å². The van der Waals surface area contributed by atoms with E-state index in [1.807, 2.05) is 12.1 Å². The molecule has 8 heteroatoms. The van der Waals surface area contributed by atoms with Crippen molar-refractivity contribution in [3.63, 3.8) is 0 Å². The van der Waals surface area contributed by atoms with Gasteiger partial charge in [0.1, 0.15) is 6.54 Å². The zero-order chi connectivity index (χ0) is 23.4. The van der Waals surface area contributed by atoms with Crippen molar-refractivity contribution in [1.82, 2.24) is 10.2 Å². The average Bonchev–Trinajstić information content (AvgIpc) is 3.07. The summed E-state index contributed by atoms with van der Waals surface area (Å²) in [6.45, 7) is 0.957. The highest BCUT2D eigenvalue weighted by molar-refractivity contribution is 6.12. The number of urea groups is 1. The second-order valence-electron chi connectivity index (χ2n) is 7.61. The van der Waals surface area contributed by atoms with Gasteiger partial charge in [-0.25, -0.2) is 4.79 Å². The summed E-state index contributed by atoms with van der Waals surface area (Å²) in [5.41, 5.74) is 0.848. The van der Waals surface area contributed by atoms with E-state index in [0.29, 0.717) is 22.5 Å². The van der Waals surface area contributed by atoms with Crippen LogP contribution >= 0.6 is 0 Å². The van der Waals surface area contributed by atoms with Crippen LogP contribution in [0.25, 0.3) is 0 Å². The minimum atomic E-state index is -1.42. The highest BCUT2D eigenvalue weighted by Crippen LogP contribution is 2.35. The molecule has 0 atom stereocenters. The van der Waals surface area contributed by atoms with Gasteiger partial charge in [0.15, 0.2) is 5.54 Å². The lowest BCUT2D eigenvalue weighted by Crippen LogP contribution is -2.45. The standard InChI is InChI=1S/C25H22N4O4/c1-17(30)26-20-12-14-21(15-13-20)27-22(31)16-29-23(32)25(28-24(29)33,18-8-4-2-5-9-18)19-10-6-3-7-11-19/h2-15H,16H2,1H3,(H,26,30)(H,27,31)(H,28,33). The lowest BCUT2D eigenvalue weighted by molar-refractivity contribution is -0.133. The van der Waals surface area contributed by atoms with Crippen molar-refractivity contribution in [2.45, 2.75) is 12.5 Å². The van der Waals surface area contributed by atoms with E-state index in [9.17, 15) is 19.2 Å². The van der Waals surface area contributed by atoms with Crippen LogP contribution in [-0.4, -0.2) is 35.2 Å². The number of hydrogen-bond acceptors (Lipinski definition) is 4. The highest BCUT2D eigenvalue weighted by atomic mass is 16.2. The summed E-state index contributed by atoms with van der Waals surface area (Å²) in [6, 6.07) is 23.8. The summed E-state index contributed by atoms with van der Waals surface area (Å²) in [6.07, 6.45) is 0. The van der Waals surface area contributed by atoms with Gasteiger partial charge in [-0.2, -0.15) is 0 Å².